The number of aliphatic hydroxyl groups excluding tert-OH is 2. The number of likely N-dealkylation sites (tertiary alicyclic amines) is 1. The third-order valence-electron chi connectivity index (χ3n) is 3.74. The van der Waals surface area contributed by atoms with Gasteiger partial charge in [-0.2, -0.15) is 5.26 Å². The van der Waals surface area contributed by atoms with Crippen LogP contribution in [0.3, 0.4) is 0 Å². The first kappa shape index (κ1) is 15.8. The fraction of sp³-hybridized carbons (Fsp3) is 0.562. The van der Waals surface area contributed by atoms with Gasteiger partial charge < -0.3 is 19.8 Å². The van der Waals surface area contributed by atoms with Gasteiger partial charge in [-0.1, -0.05) is 6.07 Å². The van der Waals surface area contributed by atoms with E-state index >= 15 is 0 Å². The molecule has 0 aliphatic carbocycles. The molecular formula is C16H22N2O3. The van der Waals surface area contributed by atoms with E-state index in [9.17, 15) is 10.2 Å². The molecule has 0 amide bonds. The number of rotatable bonds is 6. The second-order valence-electron chi connectivity index (χ2n) is 5.55. The van der Waals surface area contributed by atoms with Crippen LogP contribution in [0.1, 0.15) is 18.4 Å². The molecule has 2 unspecified atom stereocenters. The van der Waals surface area contributed by atoms with Crippen molar-refractivity contribution in [2.75, 3.05) is 32.8 Å². The van der Waals surface area contributed by atoms with Crippen molar-refractivity contribution in [1.29, 1.82) is 5.26 Å². The van der Waals surface area contributed by atoms with Gasteiger partial charge in [0.05, 0.1) is 11.6 Å². The maximum absolute atomic E-state index is 10.1. The van der Waals surface area contributed by atoms with Gasteiger partial charge in [0.2, 0.25) is 0 Å². The van der Waals surface area contributed by atoms with Gasteiger partial charge in [-0.05, 0) is 43.5 Å². The van der Waals surface area contributed by atoms with Crippen molar-refractivity contribution < 1.29 is 14.9 Å². The Balaban J connectivity index is 1.76. The number of nitrogens with zero attached hydrogens (tertiary/aromatic N) is 2. The number of piperidine rings is 1. The van der Waals surface area contributed by atoms with Crippen molar-refractivity contribution in [2.45, 2.75) is 18.9 Å². The topological polar surface area (TPSA) is 76.7 Å². The highest BCUT2D eigenvalue weighted by Crippen LogP contribution is 2.16. The Hall–Kier alpha value is -1.61. The van der Waals surface area contributed by atoms with Crippen LogP contribution in [-0.4, -0.2) is 54.1 Å². The van der Waals surface area contributed by atoms with Crippen LogP contribution in [-0.2, 0) is 0 Å². The average Bonchev–Trinajstić information content (AvgIpc) is 2.53. The Morgan fingerprint density at radius 1 is 1.48 bits per heavy atom. The predicted octanol–water partition coefficient (Wildman–Crippen LogP) is 1.00. The molecular weight excluding hydrogens is 268 g/mol. The van der Waals surface area contributed by atoms with Crippen LogP contribution in [0.25, 0.3) is 0 Å². The van der Waals surface area contributed by atoms with Gasteiger partial charge in [0.25, 0.3) is 0 Å². The summed E-state index contributed by atoms with van der Waals surface area (Å²) in [5.41, 5.74) is 0.545. The molecule has 0 aromatic heterocycles. The Kier molecular flexibility index (Phi) is 6.00. The molecule has 0 spiro atoms. The molecule has 114 valence electrons. The van der Waals surface area contributed by atoms with Gasteiger partial charge in [-0.3, -0.25) is 0 Å². The Morgan fingerprint density at radius 2 is 2.33 bits per heavy atom. The number of hydrogen-bond acceptors (Lipinski definition) is 5. The molecule has 1 heterocycles. The Bertz CT molecular complexity index is 487. The number of hydrogen-bond donors (Lipinski definition) is 2. The lowest BCUT2D eigenvalue weighted by atomic mass is 9.99. The molecule has 1 aliphatic heterocycles. The minimum absolute atomic E-state index is 0.204. The normalized spacial score (nSPS) is 20.7. The van der Waals surface area contributed by atoms with E-state index in [1.165, 1.54) is 0 Å². The molecule has 1 fully saturated rings. The standard InChI is InChI=1S/C16H22N2O3/c17-8-13-3-1-5-16(7-13)21-12-15(20)10-18-6-2-4-14(9-18)11-19/h1,3,5,7,14-15,19-20H,2,4,6,9-12H2. The SMILES string of the molecule is N#Cc1cccc(OCC(O)CN2CCCC(CO)C2)c1. The maximum Gasteiger partial charge on any atom is 0.120 e. The minimum atomic E-state index is -0.576. The minimum Gasteiger partial charge on any atom is -0.491 e. The fourth-order valence-corrected chi connectivity index (χ4v) is 2.66. The van der Waals surface area contributed by atoms with E-state index in [2.05, 4.69) is 11.0 Å². The molecule has 2 N–H and O–H groups in total. The summed E-state index contributed by atoms with van der Waals surface area (Å²) in [5, 5.41) is 28.1. The zero-order valence-electron chi connectivity index (χ0n) is 12.1. The summed E-state index contributed by atoms with van der Waals surface area (Å²) in [6, 6.07) is 8.97. The van der Waals surface area contributed by atoms with Gasteiger partial charge in [0, 0.05) is 19.7 Å². The molecule has 1 aromatic carbocycles. The molecule has 21 heavy (non-hydrogen) atoms. The van der Waals surface area contributed by atoms with Crippen LogP contribution in [0.2, 0.25) is 0 Å². The quantitative estimate of drug-likeness (QED) is 0.817. The van der Waals surface area contributed by atoms with Crippen molar-refractivity contribution in [2.24, 2.45) is 5.92 Å². The lowest BCUT2D eigenvalue weighted by Gasteiger charge is -2.33. The number of β-amino-alcohol motifs (C(OH)–C–C–N with tert-alkyl or cyclic N) is 1. The smallest absolute Gasteiger partial charge is 0.120 e. The summed E-state index contributed by atoms with van der Waals surface area (Å²) < 4.78 is 5.53. The molecule has 1 aliphatic rings. The first-order valence-corrected chi connectivity index (χ1v) is 7.35. The zero-order chi connectivity index (χ0) is 15.1. The van der Waals surface area contributed by atoms with Gasteiger partial charge >= 0.3 is 0 Å². The van der Waals surface area contributed by atoms with Crippen LogP contribution in [0.4, 0.5) is 0 Å². The van der Waals surface area contributed by atoms with E-state index in [-0.39, 0.29) is 13.2 Å². The summed E-state index contributed by atoms with van der Waals surface area (Å²) in [6.07, 6.45) is 1.54. The average molecular weight is 290 g/mol. The summed E-state index contributed by atoms with van der Waals surface area (Å²) in [4.78, 5) is 2.17. The van der Waals surface area contributed by atoms with Crippen LogP contribution >= 0.6 is 0 Å². The first-order valence-electron chi connectivity index (χ1n) is 7.35. The van der Waals surface area contributed by atoms with Crippen molar-refractivity contribution in [3.05, 3.63) is 29.8 Å². The summed E-state index contributed by atoms with van der Waals surface area (Å²) in [6.45, 7) is 2.75. The van der Waals surface area contributed by atoms with Gasteiger partial charge in [-0.25, -0.2) is 0 Å². The van der Waals surface area contributed by atoms with Crippen LogP contribution in [0.15, 0.2) is 24.3 Å². The highest BCUT2D eigenvalue weighted by molar-refractivity contribution is 5.36. The molecule has 0 saturated carbocycles. The van der Waals surface area contributed by atoms with Crippen LogP contribution < -0.4 is 4.74 Å². The number of aliphatic hydroxyl groups is 2. The van der Waals surface area contributed by atoms with Crippen LogP contribution in [0.5, 0.6) is 5.75 Å². The molecule has 0 bridgehead atoms. The van der Waals surface area contributed by atoms with E-state index in [1.54, 1.807) is 24.3 Å². The van der Waals surface area contributed by atoms with E-state index in [4.69, 9.17) is 10.00 Å². The Labute approximate surface area is 125 Å². The largest absolute Gasteiger partial charge is 0.491 e. The lowest BCUT2D eigenvalue weighted by Crippen LogP contribution is -2.42. The van der Waals surface area contributed by atoms with Crippen molar-refractivity contribution in [1.82, 2.24) is 4.90 Å². The second kappa shape index (κ2) is 7.99. The molecule has 1 saturated heterocycles. The fourth-order valence-electron chi connectivity index (χ4n) is 2.66. The third kappa shape index (κ3) is 5.01. The molecule has 2 atom stereocenters. The zero-order valence-corrected chi connectivity index (χ0v) is 12.1. The Morgan fingerprint density at radius 3 is 3.10 bits per heavy atom. The summed E-state index contributed by atoms with van der Waals surface area (Å²) in [7, 11) is 0. The van der Waals surface area contributed by atoms with Crippen LogP contribution in [0, 0.1) is 17.2 Å². The van der Waals surface area contributed by atoms with E-state index in [0.717, 1.165) is 25.9 Å². The molecule has 5 heteroatoms. The highest BCUT2D eigenvalue weighted by atomic mass is 16.5. The summed E-state index contributed by atoms with van der Waals surface area (Å²) >= 11 is 0. The second-order valence-corrected chi connectivity index (χ2v) is 5.55. The molecule has 5 nitrogen and oxygen atoms in total. The molecule has 2 rings (SSSR count). The molecule has 0 radical (unpaired) electrons. The van der Waals surface area contributed by atoms with Crippen molar-refractivity contribution in [3.8, 4) is 11.8 Å². The van der Waals surface area contributed by atoms with E-state index < -0.39 is 6.10 Å². The summed E-state index contributed by atoms with van der Waals surface area (Å²) in [5.74, 6) is 0.916. The monoisotopic (exact) mass is 290 g/mol. The molecule has 1 aromatic rings. The van der Waals surface area contributed by atoms with Gasteiger partial charge in [0.1, 0.15) is 18.5 Å². The number of benzene rings is 1. The van der Waals surface area contributed by atoms with E-state index in [0.29, 0.717) is 23.8 Å². The predicted molar refractivity (Wildman–Crippen MR) is 78.9 cm³/mol. The highest BCUT2D eigenvalue weighted by Gasteiger charge is 2.21. The third-order valence-corrected chi connectivity index (χ3v) is 3.74. The van der Waals surface area contributed by atoms with Gasteiger partial charge in [0.15, 0.2) is 0 Å². The van der Waals surface area contributed by atoms with Gasteiger partial charge in [-0.15, -0.1) is 0 Å². The number of nitriles is 1. The first-order chi connectivity index (χ1) is 10.2. The van der Waals surface area contributed by atoms with Crippen molar-refractivity contribution >= 4 is 0 Å². The number of ether oxygens (including phenoxy) is 1. The van der Waals surface area contributed by atoms with E-state index in [1.807, 2.05) is 0 Å². The maximum atomic E-state index is 10.1. The lowest BCUT2D eigenvalue weighted by molar-refractivity contribution is 0.0431. The van der Waals surface area contributed by atoms with Crippen molar-refractivity contribution in [3.63, 3.8) is 0 Å².